The van der Waals surface area contributed by atoms with E-state index in [0.717, 1.165) is 17.0 Å². The van der Waals surface area contributed by atoms with Crippen molar-refractivity contribution in [3.8, 4) is 11.4 Å². The molecule has 100 valence electrons. The number of aliphatic carboxylic acids is 1. The summed E-state index contributed by atoms with van der Waals surface area (Å²) in [6, 6.07) is 7.94. The van der Waals surface area contributed by atoms with Crippen LogP contribution in [0.15, 0.2) is 24.3 Å². The molecule has 6 heteroatoms. The normalized spacial score (nSPS) is 10.5. The first-order valence-corrected chi connectivity index (χ1v) is 5.88. The summed E-state index contributed by atoms with van der Waals surface area (Å²) in [5.74, 6) is 0.345. The second-order valence-corrected chi connectivity index (χ2v) is 4.50. The Labute approximate surface area is 111 Å². The number of carboxylic acids is 1. The van der Waals surface area contributed by atoms with Gasteiger partial charge in [0.1, 0.15) is 6.54 Å². The molecule has 1 aromatic heterocycles. The number of carboxylic acid groups (broad SMARTS) is 1. The molecule has 0 unspecified atom stereocenters. The zero-order valence-electron chi connectivity index (χ0n) is 11.2. The van der Waals surface area contributed by atoms with Crippen LogP contribution in [0, 0.1) is 6.92 Å². The SMILES string of the molecule is Cc1cccc(-c2nnc(N(C)CC(=O)O)n2C)c1. The molecule has 0 spiro atoms. The Hall–Kier alpha value is -2.37. The van der Waals surface area contributed by atoms with Gasteiger partial charge < -0.3 is 10.0 Å². The summed E-state index contributed by atoms with van der Waals surface area (Å²) < 4.78 is 1.79. The molecule has 2 rings (SSSR count). The lowest BCUT2D eigenvalue weighted by Gasteiger charge is -2.15. The first kappa shape index (κ1) is 13.1. The van der Waals surface area contributed by atoms with Crippen LogP contribution >= 0.6 is 0 Å². The Bertz CT molecular complexity index is 606. The molecule has 6 nitrogen and oxygen atoms in total. The topological polar surface area (TPSA) is 71.2 Å². The number of aryl methyl sites for hydroxylation is 1. The van der Waals surface area contributed by atoms with Crippen molar-refractivity contribution in [1.29, 1.82) is 0 Å². The highest BCUT2D eigenvalue weighted by Gasteiger charge is 2.15. The van der Waals surface area contributed by atoms with Crippen LogP contribution in [0.3, 0.4) is 0 Å². The number of likely N-dealkylation sites (N-methyl/N-ethyl adjacent to an activating group) is 1. The Morgan fingerprint density at radius 3 is 2.79 bits per heavy atom. The molecule has 1 heterocycles. The van der Waals surface area contributed by atoms with Gasteiger partial charge in [0, 0.05) is 19.7 Å². The van der Waals surface area contributed by atoms with E-state index in [1.165, 1.54) is 0 Å². The molecule has 0 aliphatic rings. The van der Waals surface area contributed by atoms with Crippen LogP contribution in [0.25, 0.3) is 11.4 Å². The minimum absolute atomic E-state index is 0.111. The van der Waals surface area contributed by atoms with Gasteiger partial charge in [-0.3, -0.25) is 9.36 Å². The number of nitrogens with zero attached hydrogens (tertiary/aromatic N) is 4. The molecule has 0 radical (unpaired) electrons. The lowest BCUT2D eigenvalue weighted by molar-refractivity contribution is -0.135. The average molecular weight is 260 g/mol. The molecule has 2 aromatic rings. The van der Waals surface area contributed by atoms with Crippen LogP contribution in [0.2, 0.25) is 0 Å². The molecule has 1 N–H and O–H groups in total. The van der Waals surface area contributed by atoms with Crippen molar-refractivity contribution in [3.63, 3.8) is 0 Å². The highest BCUT2D eigenvalue weighted by atomic mass is 16.4. The van der Waals surface area contributed by atoms with E-state index >= 15 is 0 Å². The second-order valence-electron chi connectivity index (χ2n) is 4.50. The maximum Gasteiger partial charge on any atom is 0.323 e. The van der Waals surface area contributed by atoms with Gasteiger partial charge in [-0.15, -0.1) is 10.2 Å². The van der Waals surface area contributed by atoms with Crippen LogP contribution in [0.1, 0.15) is 5.56 Å². The van der Waals surface area contributed by atoms with Crippen molar-refractivity contribution in [2.45, 2.75) is 6.92 Å². The maximum atomic E-state index is 10.7. The third-order valence-electron chi connectivity index (χ3n) is 2.84. The van der Waals surface area contributed by atoms with Gasteiger partial charge in [0.2, 0.25) is 5.95 Å². The number of hydrogen-bond donors (Lipinski definition) is 1. The van der Waals surface area contributed by atoms with Crippen LogP contribution in [0.4, 0.5) is 5.95 Å². The van der Waals surface area contributed by atoms with Gasteiger partial charge in [0.15, 0.2) is 5.82 Å². The highest BCUT2D eigenvalue weighted by Crippen LogP contribution is 2.21. The number of carbonyl (C=O) groups is 1. The summed E-state index contributed by atoms with van der Waals surface area (Å²) >= 11 is 0. The van der Waals surface area contributed by atoms with E-state index in [9.17, 15) is 4.79 Å². The molecule has 19 heavy (non-hydrogen) atoms. The standard InChI is InChI=1S/C13H16N4O2/c1-9-5-4-6-10(7-9)12-14-15-13(17(12)3)16(2)8-11(18)19/h4-7H,8H2,1-3H3,(H,18,19). The maximum absolute atomic E-state index is 10.7. The zero-order chi connectivity index (χ0) is 14.0. The first-order chi connectivity index (χ1) is 8.99. The van der Waals surface area contributed by atoms with Gasteiger partial charge in [-0.05, 0) is 13.0 Å². The summed E-state index contributed by atoms with van der Waals surface area (Å²) in [5, 5.41) is 17.0. The lowest BCUT2D eigenvalue weighted by atomic mass is 10.1. The molecule has 0 aliphatic heterocycles. The predicted octanol–water partition coefficient (Wildman–Crippen LogP) is 1.31. The van der Waals surface area contributed by atoms with Crippen molar-refractivity contribution in [2.24, 2.45) is 7.05 Å². The van der Waals surface area contributed by atoms with Crippen LogP contribution in [-0.4, -0.2) is 39.4 Å². The minimum atomic E-state index is -0.900. The Morgan fingerprint density at radius 1 is 1.42 bits per heavy atom. The minimum Gasteiger partial charge on any atom is -0.480 e. The van der Waals surface area contributed by atoms with Crippen molar-refractivity contribution >= 4 is 11.9 Å². The van der Waals surface area contributed by atoms with E-state index in [1.54, 1.807) is 16.5 Å². The predicted molar refractivity (Wildman–Crippen MR) is 72.1 cm³/mol. The number of rotatable bonds is 4. The van der Waals surface area contributed by atoms with Gasteiger partial charge in [0.25, 0.3) is 0 Å². The van der Waals surface area contributed by atoms with E-state index < -0.39 is 5.97 Å². The highest BCUT2D eigenvalue weighted by molar-refractivity contribution is 5.72. The monoisotopic (exact) mass is 260 g/mol. The fourth-order valence-corrected chi connectivity index (χ4v) is 1.96. The fourth-order valence-electron chi connectivity index (χ4n) is 1.96. The van der Waals surface area contributed by atoms with E-state index in [0.29, 0.717) is 5.95 Å². The lowest BCUT2D eigenvalue weighted by Crippen LogP contribution is -2.27. The number of anilines is 1. The molecule has 0 aliphatic carbocycles. The van der Waals surface area contributed by atoms with Crippen molar-refractivity contribution < 1.29 is 9.90 Å². The van der Waals surface area contributed by atoms with E-state index in [1.807, 2.05) is 38.2 Å². The first-order valence-electron chi connectivity index (χ1n) is 5.88. The largest absolute Gasteiger partial charge is 0.480 e. The van der Waals surface area contributed by atoms with Gasteiger partial charge in [-0.25, -0.2) is 0 Å². The zero-order valence-corrected chi connectivity index (χ0v) is 11.2. The molecule has 0 atom stereocenters. The Morgan fingerprint density at radius 2 is 2.16 bits per heavy atom. The average Bonchev–Trinajstić information content (AvgIpc) is 2.70. The van der Waals surface area contributed by atoms with Gasteiger partial charge in [0.05, 0.1) is 0 Å². The van der Waals surface area contributed by atoms with Gasteiger partial charge in [-0.1, -0.05) is 23.8 Å². The summed E-state index contributed by atoms with van der Waals surface area (Å²) in [4.78, 5) is 12.3. The molecule has 0 saturated carbocycles. The summed E-state index contributed by atoms with van der Waals surface area (Å²) in [7, 11) is 3.50. The Balaban J connectivity index is 2.35. The summed E-state index contributed by atoms with van der Waals surface area (Å²) in [6.45, 7) is 1.90. The van der Waals surface area contributed by atoms with Gasteiger partial charge >= 0.3 is 5.97 Å². The second kappa shape index (κ2) is 5.09. The van der Waals surface area contributed by atoms with E-state index in [4.69, 9.17) is 5.11 Å². The van der Waals surface area contributed by atoms with Crippen LogP contribution in [0.5, 0.6) is 0 Å². The summed E-state index contributed by atoms with van der Waals surface area (Å²) in [6.07, 6.45) is 0. The smallest absolute Gasteiger partial charge is 0.323 e. The molecule has 0 amide bonds. The van der Waals surface area contributed by atoms with E-state index in [-0.39, 0.29) is 6.54 Å². The van der Waals surface area contributed by atoms with Crippen LogP contribution in [-0.2, 0) is 11.8 Å². The fraction of sp³-hybridized carbons (Fsp3) is 0.308. The van der Waals surface area contributed by atoms with Gasteiger partial charge in [-0.2, -0.15) is 0 Å². The third-order valence-corrected chi connectivity index (χ3v) is 2.84. The molecule has 1 aromatic carbocycles. The summed E-state index contributed by atoms with van der Waals surface area (Å²) in [5.41, 5.74) is 2.10. The van der Waals surface area contributed by atoms with Crippen LogP contribution < -0.4 is 4.90 Å². The van der Waals surface area contributed by atoms with Crippen molar-refractivity contribution in [2.75, 3.05) is 18.5 Å². The number of benzene rings is 1. The molecule has 0 saturated heterocycles. The van der Waals surface area contributed by atoms with Crippen molar-refractivity contribution in [3.05, 3.63) is 29.8 Å². The number of hydrogen-bond acceptors (Lipinski definition) is 4. The molecule has 0 fully saturated rings. The van der Waals surface area contributed by atoms with E-state index in [2.05, 4.69) is 10.2 Å². The molecule has 0 bridgehead atoms. The Kier molecular flexibility index (Phi) is 3.50. The third kappa shape index (κ3) is 2.73. The number of aromatic nitrogens is 3. The molecular formula is C13H16N4O2. The quantitative estimate of drug-likeness (QED) is 0.897. The van der Waals surface area contributed by atoms with Crippen molar-refractivity contribution in [1.82, 2.24) is 14.8 Å². The molecular weight excluding hydrogens is 244 g/mol.